The first-order valence-corrected chi connectivity index (χ1v) is 7.74. The SMILES string of the molecule is COc1ccc(C(=O)N=c2c(C)cccn2O)c2ccc(C(F)(F)F)nc12. The van der Waals surface area contributed by atoms with Crippen LogP contribution < -0.4 is 10.2 Å². The number of aryl methyl sites for hydroxylation is 1. The number of rotatable bonds is 2. The molecule has 2 heterocycles. The van der Waals surface area contributed by atoms with Gasteiger partial charge in [0.25, 0.3) is 5.91 Å². The molecule has 0 saturated heterocycles. The fourth-order valence-corrected chi connectivity index (χ4v) is 2.59. The van der Waals surface area contributed by atoms with E-state index in [2.05, 4.69) is 9.98 Å². The maximum absolute atomic E-state index is 13.0. The van der Waals surface area contributed by atoms with Crippen molar-refractivity contribution < 1.29 is 27.9 Å². The number of hydrogen-bond donors (Lipinski definition) is 1. The number of aromatic nitrogens is 2. The van der Waals surface area contributed by atoms with E-state index in [1.807, 2.05) is 0 Å². The van der Waals surface area contributed by atoms with Crippen molar-refractivity contribution in [2.75, 3.05) is 7.11 Å². The highest BCUT2D eigenvalue weighted by Crippen LogP contribution is 2.33. The van der Waals surface area contributed by atoms with Crippen molar-refractivity contribution >= 4 is 16.8 Å². The van der Waals surface area contributed by atoms with E-state index in [-0.39, 0.29) is 27.7 Å². The van der Waals surface area contributed by atoms with Gasteiger partial charge in [-0.3, -0.25) is 4.79 Å². The van der Waals surface area contributed by atoms with Gasteiger partial charge in [0, 0.05) is 11.6 Å². The van der Waals surface area contributed by atoms with Gasteiger partial charge in [0.05, 0.1) is 12.7 Å². The lowest BCUT2D eigenvalue weighted by Gasteiger charge is -2.11. The lowest BCUT2D eigenvalue weighted by molar-refractivity contribution is -0.140. The Balaban J connectivity index is 2.22. The number of fused-ring (bicyclic) bond motifs is 1. The van der Waals surface area contributed by atoms with Crippen LogP contribution >= 0.6 is 0 Å². The van der Waals surface area contributed by atoms with E-state index in [1.54, 1.807) is 19.1 Å². The Morgan fingerprint density at radius 3 is 2.59 bits per heavy atom. The molecule has 2 aromatic heterocycles. The predicted octanol–water partition coefficient (Wildman–Crippen LogP) is 3.35. The first kappa shape index (κ1) is 18.4. The van der Waals surface area contributed by atoms with Gasteiger partial charge in [-0.05, 0) is 42.8 Å². The van der Waals surface area contributed by atoms with Crippen molar-refractivity contribution in [3.05, 3.63) is 64.9 Å². The Labute approximate surface area is 151 Å². The molecule has 0 aliphatic rings. The van der Waals surface area contributed by atoms with Crippen LogP contribution in [0.5, 0.6) is 5.75 Å². The van der Waals surface area contributed by atoms with Crippen molar-refractivity contribution in [3.8, 4) is 5.75 Å². The first-order valence-electron chi connectivity index (χ1n) is 7.74. The number of ether oxygens (including phenoxy) is 1. The Bertz CT molecular complexity index is 1080. The van der Waals surface area contributed by atoms with Gasteiger partial charge >= 0.3 is 6.18 Å². The van der Waals surface area contributed by atoms with E-state index in [0.29, 0.717) is 10.3 Å². The minimum Gasteiger partial charge on any atom is -0.494 e. The molecule has 0 unspecified atom stereocenters. The summed E-state index contributed by atoms with van der Waals surface area (Å²) in [7, 11) is 1.30. The molecule has 0 atom stereocenters. The summed E-state index contributed by atoms with van der Waals surface area (Å²) in [5.41, 5.74) is -0.595. The molecule has 9 heteroatoms. The van der Waals surface area contributed by atoms with Crippen LogP contribution in [0.2, 0.25) is 0 Å². The quantitative estimate of drug-likeness (QED) is 0.695. The minimum absolute atomic E-state index is 0.0198. The maximum atomic E-state index is 13.0. The molecule has 1 amide bonds. The Morgan fingerprint density at radius 2 is 1.96 bits per heavy atom. The molecule has 3 aromatic rings. The lowest BCUT2D eigenvalue weighted by Crippen LogP contribution is -2.22. The van der Waals surface area contributed by atoms with Gasteiger partial charge in [0.2, 0.25) is 0 Å². The van der Waals surface area contributed by atoms with Crippen molar-refractivity contribution in [2.45, 2.75) is 13.1 Å². The molecular formula is C18H14F3N3O3. The van der Waals surface area contributed by atoms with Crippen LogP contribution in [0, 0.1) is 6.92 Å². The molecule has 0 aliphatic heterocycles. The second kappa shape index (κ2) is 6.75. The summed E-state index contributed by atoms with van der Waals surface area (Å²) < 4.78 is 44.7. The van der Waals surface area contributed by atoms with Gasteiger partial charge in [-0.15, -0.1) is 0 Å². The number of nitrogens with zero attached hydrogens (tertiary/aromatic N) is 3. The highest BCUT2D eigenvalue weighted by atomic mass is 19.4. The molecule has 0 spiro atoms. The second-order valence-electron chi connectivity index (χ2n) is 5.68. The fraction of sp³-hybridized carbons (Fsp3) is 0.167. The van der Waals surface area contributed by atoms with Crippen LogP contribution in [0.1, 0.15) is 21.6 Å². The van der Waals surface area contributed by atoms with Crippen molar-refractivity contribution in [1.29, 1.82) is 0 Å². The van der Waals surface area contributed by atoms with Gasteiger partial charge in [0.15, 0.2) is 5.49 Å². The summed E-state index contributed by atoms with van der Waals surface area (Å²) in [5, 5.41) is 9.98. The fourth-order valence-electron chi connectivity index (χ4n) is 2.59. The van der Waals surface area contributed by atoms with Crippen molar-refractivity contribution in [2.24, 2.45) is 4.99 Å². The molecule has 0 fully saturated rings. The van der Waals surface area contributed by atoms with Crippen LogP contribution in [-0.2, 0) is 6.18 Å². The number of halogens is 3. The number of hydrogen-bond acceptors (Lipinski definition) is 4. The van der Waals surface area contributed by atoms with Gasteiger partial charge in [0.1, 0.15) is 17.0 Å². The first-order chi connectivity index (χ1) is 12.7. The largest absolute Gasteiger partial charge is 0.494 e. The number of carbonyl (C=O) groups is 1. The highest BCUT2D eigenvalue weighted by Gasteiger charge is 2.33. The number of methoxy groups -OCH3 is 1. The Kier molecular flexibility index (Phi) is 4.61. The Hall–Kier alpha value is -3.36. The molecular weight excluding hydrogens is 363 g/mol. The molecule has 0 radical (unpaired) electrons. The number of pyridine rings is 2. The lowest BCUT2D eigenvalue weighted by atomic mass is 10.1. The molecule has 27 heavy (non-hydrogen) atoms. The van der Waals surface area contributed by atoms with Crippen LogP contribution in [0.3, 0.4) is 0 Å². The van der Waals surface area contributed by atoms with Crippen molar-refractivity contribution in [1.82, 2.24) is 9.71 Å². The molecule has 140 valence electrons. The predicted molar refractivity (Wildman–Crippen MR) is 89.5 cm³/mol. The van der Waals surface area contributed by atoms with Gasteiger partial charge < -0.3 is 9.94 Å². The van der Waals surface area contributed by atoms with Crippen LogP contribution in [-0.4, -0.2) is 27.9 Å². The molecule has 6 nitrogen and oxygen atoms in total. The van der Waals surface area contributed by atoms with Crippen LogP contribution in [0.15, 0.2) is 47.6 Å². The van der Waals surface area contributed by atoms with Gasteiger partial charge in [-0.1, -0.05) is 6.07 Å². The van der Waals surface area contributed by atoms with E-state index < -0.39 is 17.8 Å². The second-order valence-corrected chi connectivity index (χ2v) is 5.68. The molecule has 0 saturated carbocycles. The number of alkyl halides is 3. The number of carbonyl (C=O) groups excluding carboxylic acids is 1. The van der Waals surface area contributed by atoms with Crippen molar-refractivity contribution in [3.63, 3.8) is 0 Å². The standard InChI is InChI=1S/C18H14F3N3O3/c1-10-4-3-9-24(26)16(10)23-17(25)12-5-7-13(27-2)15-11(12)6-8-14(22-15)18(19,20)21/h3-9,26H,1-2H3. The molecule has 0 aliphatic carbocycles. The summed E-state index contributed by atoms with van der Waals surface area (Å²) in [4.78, 5) is 20.1. The number of amides is 1. The molecule has 0 bridgehead atoms. The summed E-state index contributed by atoms with van der Waals surface area (Å²) in [6.07, 6.45) is -3.32. The summed E-state index contributed by atoms with van der Waals surface area (Å²) in [5.74, 6) is -0.637. The van der Waals surface area contributed by atoms with E-state index in [0.717, 1.165) is 12.1 Å². The minimum atomic E-state index is -4.63. The number of benzene rings is 1. The zero-order chi connectivity index (χ0) is 19.8. The molecule has 3 rings (SSSR count). The molecule has 1 aromatic carbocycles. The Morgan fingerprint density at radius 1 is 1.22 bits per heavy atom. The monoisotopic (exact) mass is 377 g/mol. The smallest absolute Gasteiger partial charge is 0.433 e. The third-order valence-corrected chi connectivity index (χ3v) is 3.91. The average Bonchev–Trinajstić information content (AvgIpc) is 2.62. The van der Waals surface area contributed by atoms with Crippen LogP contribution in [0.4, 0.5) is 13.2 Å². The van der Waals surface area contributed by atoms with Gasteiger partial charge in [-0.2, -0.15) is 22.9 Å². The summed E-state index contributed by atoms with van der Waals surface area (Å²) >= 11 is 0. The summed E-state index contributed by atoms with van der Waals surface area (Å²) in [6.45, 7) is 1.65. The maximum Gasteiger partial charge on any atom is 0.433 e. The third-order valence-electron chi connectivity index (χ3n) is 3.91. The van der Waals surface area contributed by atoms with E-state index >= 15 is 0 Å². The average molecular weight is 377 g/mol. The van der Waals surface area contributed by atoms with E-state index in [1.165, 1.54) is 25.4 Å². The molecule has 1 N–H and O–H groups in total. The summed E-state index contributed by atoms with van der Waals surface area (Å²) in [6, 6.07) is 7.91. The normalized spacial score (nSPS) is 12.4. The zero-order valence-corrected chi connectivity index (χ0v) is 14.3. The van der Waals surface area contributed by atoms with Gasteiger partial charge in [-0.25, -0.2) is 4.98 Å². The third kappa shape index (κ3) is 3.48. The highest BCUT2D eigenvalue weighted by molar-refractivity contribution is 6.08. The van der Waals surface area contributed by atoms with Crippen LogP contribution in [0.25, 0.3) is 10.9 Å². The topological polar surface area (TPSA) is 76.7 Å². The van der Waals surface area contributed by atoms with E-state index in [4.69, 9.17) is 4.74 Å². The zero-order valence-electron chi connectivity index (χ0n) is 14.3. The van der Waals surface area contributed by atoms with E-state index in [9.17, 15) is 23.2 Å².